The van der Waals surface area contributed by atoms with Crippen LogP contribution in [0.1, 0.15) is 55.1 Å². The van der Waals surface area contributed by atoms with Crippen molar-refractivity contribution in [3.8, 4) is 0 Å². The zero-order valence-corrected chi connectivity index (χ0v) is 19.0. The van der Waals surface area contributed by atoms with E-state index in [1.807, 2.05) is 18.5 Å². The molecular weight excluding hydrogens is 398 g/mol. The molecule has 0 N–H and O–H groups in total. The second-order valence-electron chi connectivity index (χ2n) is 9.68. The van der Waals surface area contributed by atoms with Gasteiger partial charge in [0.1, 0.15) is 5.65 Å². The van der Waals surface area contributed by atoms with Crippen molar-refractivity contribution in [3.05, 3.63) is 53.7 Å². The summed E-state index contributed by atoms with van der Waals surface area (Å²) in [6, 6.07) is 7.51. The van der Waals surface area contributed by atoms with Gasteiger partial charge in [-0.05, 0) is 56.8 Å². The number of hydrogen-bond donors (Lipinski definition) is 0. The summed E-state index contributed by atoms with van der Waals surface area (Å²) in [6.45, 7) is 5.18. The maximum Gasteiger partial charge on any atom is 0.211 e. The number of piperazine rings is 1. The van der Waals surface area contributed by atoms with Crippen LogP contribution < -0.4 is 4.90 Å². The highest BCUT2D eigenvalue weighted by atomic mass is 15.3. The smallest absolute Gasteiger partial charge is 0.211 e. The molecule has 2 fully saturated rings. The van der Waals surface area contributed by atoms with E-state index in [1.165, 1.54) is 36.9 Å². The lowest BCUT2D eigenvalue weighted by atomic mass is 9.91. The number of anilines is 1. The Hall–Kier alpha value is -2.51. The van der Waals surface area contributed by atoms with E-state index in [4.69, 9.17) is 15.0 Å². The molecule has 3 aliphatic rings. The summed E-state index contributed by atoms with van der Waals surface area (Å²) in [6.07, 6.45) is 13.7. The number of imidazole rings is 1. The van der Waals surface area contributed by atoms with Gasteiger partial charge in [0.15, 0.2) is 0 Å². The highest BCUT2D eigenvalue weighted by Crippen LogP contribution is 2.33. The van der Waals surface area contributed by atoms with E-state index in [2.05, 4.69) is 44.5 Å². The molecule has 32 heavy (non-hydrogen) atoms. The molecule has 6 rings (SSSR count). The van der Waals surface area contributed by atoms with E-state index in [9.17, 15) is 0 Å². The Kier molecular flexibility index (Phi) is 5.31. The third-order valence-electron chi connectivity index (χ3n) is 7.71. The van der Waals surface area contributed by atoms with Crippen LogP contribution in [0.25, 0.3) is 5.65 Å². The molecule has 168 valence electrons. The third kappa shape index (κ3) is 3.67. The van der Waals surface area contributed by atoms with Gasteiger partial charge in [0.2, 0.25) is 5.95 Å². The molecule has 2 aliphatic carbocycles. The van der Waals surface area contributed by atoms with Crippen molar-refractivity contribution in [2.24, 2.45) is 0 Å². The number of rotatable bonds is 5. The van der Waals surface area contributed by atoms with E-state index < -0.39 is 0 Å². The molecule has 7 nitrogen and oxygen atoms in total. The predicted octanol–water partition coefficient (Wildman–Crippen LogP) is 3.31. The number of nitrogens with zero attached hydrogens (tertiary/aromatic N) is 7. The van der Waals surface area contributed by atoms with E-state index in [0.717, 1.165) is 68.9 Å². The SMILES string of the molecule is CN(Cc1cn2c(N3CCN(C4CCC4)CC3)nccc2n1)C1CCCc2cccnc21. The minimum absolute atomic E-state index is 0.363. The Bertz CT molecular complexity index is 1080. The topological polar surface area (TPSA) is 52.8 Å². The number of pyridine rings is 1. The Morgan fingerprint density at radius 1 is 1.00 bits per heavy atom. The van der Waals surface area contributed by atoms with Crippen LogP contribution in [-0.2, 0) is 13.0 Å². The zero-order valence-electron chi connectivity index (χ0n) is 19.0. The Morgan fingerprint density at radius 3 is 2.69 bits per heavy atom. The van der Waals surface area contributed by atoms with Crippen molar-refractivity contribution in [2.75, 3.05) is 38.1 Å². The maximum atomic E-state index is 4.95. The average molecular weight is 432 g/mol. The first-order valence-corrected chi connectivity index (χ1v) is 12.2. The summed E-state index contributed by atoms with van der Waals surface area (Å²) >= 11 is 0. The molecule has 0 radical (unpaired) electrons. The van der Waals surface area contributed by atoms with Crippen molar-refractivity contribution in [2.45, 2.75) is 57.2 Å². The number of aromatic nitrogens is 4. The first kappa shape index (κ1) is 20.1. The minimum Gasteiger partial charge on any atom is -0.339 e. The number of fused-ring (bicyclic) bond motifs is 2. The van der Waals surface area contributed by atoms with Crippen LogP contribution in [0.15, 0.2) is 36.8 Å². The van der Waals surface area contributed by atoms with Crippen LogP contribution in [0.5, 0.6) is 0 Å². The van der Waals surface area contributed by atoms with Gasteiger partial charge in [0.05, 0.1) is 17.4 Å². The monoisotopic (exact) mass is 431 g/mol. The van der Waals surface area contributed by atoms with Crippen LogP contribution in [0.4, 0.5) is 5.95 Å². The lowest BCUT2D eigenvalue weighted by Crippen LogP contribution is -2.52. The molecule has 0 bridgehead atoms. The van der Waals surface area contributed by atoms with Crippen LogP contribution in [-0.4, -0.2) is 68.4 Å². The van der Waals surface area contributed by atoms with Crippen LogP contribution in [0, 0.1) is 0 Å². The standard InChI is InChI=1S/C25H33N7/c1-29(22-9-2-5-19-6-4-11-26-24(19)22)17-20-18-32-23(28-20)10-12-27-25(32)31-15-13-30(14-16-31)21-7-3-8-21/h4,6,10-12,18,21-22H,2-3,5,7-9,13-17H2,1H3. The molecule has 0 aromatic carbocycles. The molecule has 1 unspecified atom stereocenters. The van der Waals surface area contributed by atoms with Crippen molar-refractivity contribution in [1.29, 1.82) is 0 Å². The number of hydrogen-bond acceptors (Lipinski definition) is 6. The average Bonchev–Trinajstić information content (AvgIpc) is 3.20. The maximum absolute atomic E-state index is 4.95. The first-order chi connectivity index (χ1) is 15.8. The summed E-state index contributed by atoms with van der Waals surface area (Å²) in [5, 5.41) is 0. The van der Waals surface area contributed by atoms with Gasteiger partial charge in [-0.2, -0.15) is 0 Å². The summed E-state index contributed by atoms with van der Waals surface area (Å²) in [5.41, 5.74) is 4.73. The van der Waals surface area contributed by atoms with Crippen molar-refractivity contribution >= 4 is 11.6 Å². The van der Waals surface area contributed by atoms with Gasteiger partial charge in [-0.1, -0.05) is 12.5 Å². The van der Waals surface area contributed by atoms with Crippen molar-refractivity contribution in [3.63, 3.8) is 0 Å². The van der Waals surface area contributed by atoms with Crippen molar-refractivity contribution < 1.29 is 0 Å². The Labute approximate surface area is 190 Å². The van der Waals surface area contributed by atoms with Gasteiger partial charge >= 0.3 is 0 Å². The second-order valence-corrected chi connectivity index (χ2v) is 9.68. The summed E-state index contributed by atoms with van der Waals surface area (Å²) in [4.78, 5) is 21.9. The van der Waals surface area contributed by atoms with E-state index in [-0.39, 0.29) is 0 Å². The normalized spacial score (nSPS) is 22.3. The fourth-order valence-electron chi connectivity index (χ4n) is 5.68. The molecule has 4 heterocycles. The summed E-state index contributed by atoms with van der Waals surface area (Å²) in [5.74, 6) is 1.03. The molecule has 3 aromatic heterocycles. The fourth-order valence-corrected chi connectivity index (χ4v) is 5.68. The van der Waals surface area contributed by atoms with Crippen LogP contribution in [0.3, 0.4) is 0 Å². The highest BCUT2D eigenvalue weighted by molar-refractivity contribution is 5.48. The van der Waals surface area contributed by atoms with Gasteiger partial charge in [0, 0.05) is 57.4 Å². The minimum atomic E-state index is 0.363. The molecule has 0 amide bonds. The van der Waals surface area contributed by atoms with Gasteiger partial charge in [-0.15, -0.1) is 0 Å². The Morgan fingerprint density at radius 2 is 1.88 bits per heavy atom. The quantitative estimate of drug-likeness (QED) is 0.618. The zero-order chi connectivity index (χ0) is 21.5. The molecular formula is C25H33N7. The third-order valence-corrected chi connectivity index (χ3v) is 7.71. The molecule has 0 spiro atoms. The van der Waals surface area contributed by atoms with E-state index >= 15 is 0 Å². The molecule has 7 heteroatoms. The summed E-state index contributed by atoms with van der Waals surface area (Å²) < 4.78 is 2.19. The lowest BCUT2D eigenvalue weighted by Gasteiger charge is -2.43. The van der Waals surface area contributed by atoms with E-state index in [1.54, 1.807) is 0 Å². The van der Waals surface area contributed by atoms with Crippen LogP contribution in [0.2, 0.25) is 0 Å². The second kappa shape index (κ2) is 8.45. The molecule has 1 aliphatic heterocycles. The van der Waals surface area contributed by atoms with Gasteiger partial charge in [-0.25, -0.2) is 9.97 Å². The highest BCUT2D eigenvalue weighted by Gasteiger charge is 2.29. The van der Waals surface area contributed by atoms with Gasteiger partial charge < -0.3 is 4.90 Å². The lowest BCUT2D eigenvalue weighted by molar-refractivity contribution is 0.120. The molecule has 3 aromatic rings. The van der Waals surface area contributed by atoms with Gasteiger partial charge in [-0.3, -0.25) is 19.2 Å². The van der Waals surface area contributed by atoms with Crippen molar-refractivity contribution in [1.82, 2.24) is 29.2 Å². The van der Waals surface area contributed by atoms with Crippen LogP contribution >= 0.6 is 0 Å². The molecule has 1 atom stereocenters. The number of aryl methyl sites for hydroxylation is 1. The largest absolute Gasteiger partial charge is 0.339 e. The predicted molar refractivity (Wildman–Crippen MR) is 126 cm³/mol. The Balaban J connectivity index is 1.19. The molecule has 1 saturated carbocycles. The van der Waals surface area contributed by atoms with Gasteiger partial charge in [0.25, 0.3) is 0 Å². The molecule has 1 saturated heterocycles. The summed E-state index contributed by atoms with van der Waals surface area (Å²) in [7, 11) is 2.21. The fraction of sp³-hybridized carbons (Fsp3) is 0.560. The first-order valence-electron chi connectivity index (χ1n) is 12.2. The van der Waals surface area contributed by atoms with E-state index in [0.29, 0.717) is 6.04 Å².